The Kier molecular flexibility index (Phi) is 7.22. The zero-order valence-electron chi connectivity index (χ0n) is 21.4. The number of aromatic nitrogens is 2. The molecule has 38 heavy (non-hydrogen) atoms. The van der Waals surface area contributed by atoms with Gasteiger partial charge in [0.2, 0.25) is 0 Å². The molecular weight excluding hydrogens is 483 g/mol. The van der Waals surface area contributed by atoms with Crippen LogP contribution in [0.4, 0.5) is 10.1 Å². The molecule has 0 bridgehead atoms. The summed E-state index contributed by atoms with van der Waals surface area (Å²) in [7, 11) is 0. The Hall–Kier alpha value is -4.46. The van der Waals surface area contributed by atoms with Crippen molar-refractivity contribution < 1.29 is 18.7 Å². The van der Waals surface area contributed by atoms with Gasteiger partial charge in [-0.2, -0.15) is 5.10 Å². The third kappa shape index (κ3) is 5.16. The molecule has 4 aromatic rings. The summed E-state index contributed by atoms with van der Waals surface area (Å²) in [6.07, 6.45) is 0. The number of piperazine rings is 1. The highest BCUT2D eigenvalue weighted by Gasteiger charge is 2.24. The normalized spacial score (nSPS) is 13.4. The Morgan fingerprint density at radius 3 is 2.21 bits per heavy atom. The van der Waals surface area contributed by atoms with Gasteiger partial charge >= 0.3 is 5.97 Å². The van der Waals surface area contributed by atoms with E-state index in [0.29, 0.717) is 24.5 Å². The third-order valence-electron chi connectivity index (χ3n) is 6.74. The monoisotopic (exact) mass is 512 g/mol. The Morgan fingerprint density at radius 1 is 0.895 bits per heavy atom. The minimum absolute atomic E-state index is 0.0737. The SMILES string of the molecule is CCOC(=O)c1cc(-c2ccc(N3CCN(C(=O)c4ccccc4C)CC3)cc2)n(-c2ccc(F)cc2)n1. The predicted molar refractivity (Wildman–Crippen MR) is 144 cm³/mol. The van der Waals surface area contributed by atoms with Crippen LogP contribution >= 0.6 is 0 Å². The van der Waals surface area contributed by atoms with Crippen LogP contribution in [-0.4, -0.2) is 59.3 Å². The average molecular weight is 513 g/mol. The molecule has 2 heterocycles. The maximum atomic E-state index is 13.5. The van der Waals surface area contributed by atoms with Gasteiger partial charge in [0.05, 0.1) is 18.0 Å². The first-order valence-electron chi connectivity index (χ1n) is 12.7. The second-order valence-corrected chi connectivity index (χ2v) is 9.16. The number of ether oxygens (including phenoxy) is 1. The largest absolute Gasteiger partial charge is 0.461 e. The average Bonchev–Trinajstić information content (AvgIpc) is 3.39. The second-order valence-electron chi connectivity index (χ2n) is 9.16. The van der Waals surface area contributed by atoms with Crippen LogP contribution in [0.3, 0.4) is 0 Å². The van der Waals surface area contributed by atoms with E-state index in [2.05, 4.69) is 10.00 Å². The van der Waals surface area contributed by atoms with Crippen molar-refractivity contribution in [1.29, 1.82) is 0 Å². The molecule has 1 amide bonds. The van der Waals surface area contributed by atoms with E-state index < -0.39 is 5.97 Å². The van der Waals surface area contributed by atoms with E-state index in [1.165, 1.54) is 12.1 Å². The number of esters is 1. The van der Waals surface area contributed by atoms with E-state index >= 15 is 0 Å². The minimum Gasteiger partial charge on any atom is -0.461 e. The molecule has 7 nitrogen and oxygen atoms in total. The summed E-state index contributed by atoms with van der Waals surface area (Å²) in [5.74, 6) is -0.785. The topological polar surface area (TPSA) is 67.7 Å². The van der Waals surface area contributed by atoms with Gasteiger partial charge in [0.25, 0.3) is 5.91 Å². The molecule has 0 aliphatic carbocycles. The highest BCUT2D eigenvalue weighted by Crippen LogP contribution is 2.28. The molecule has 0 radical (unpaired) electrons. The molecule has 8 heteroatoms. The van der Waals surface area contributed by atoms with E-state index in [1.54, 1.807) is 29.8 Å². The van der Waals surface area contributed by atoms with Crippen LogP contribution in [0, 0.1) is 12.7 Å². The summed E-state index contributed by atoms with van der Waals surface area (Å²) < 4.78 is 20.3. The van der Waals surface area contributed by atoms with Gasteiger partial charge < -0.3 is 14.5 Å². The van der Waals surface area contributed by atoms with E-state index in [0.717, 1.165) is 35.5 Å². The van der Waals surface area contributed by atoms with Crippen LogP contribution in [0.1, 0.15) is 33.3 Å². The number of amides is 1. The van der Waals surface area contributed by atoms with E-state index in [1.807, 2.05) is 60.4 Å². The number of nitrogens with zero attached hydrogens (tertiary/aromatic N) is 4. The third-order valence-corrected chi connectivity index (χ3v) is 6.74. The molecule has 194 valence electrons. The number of carbonyl (C=O) groups is 2. The van der Waals surface area contributed by atoms with Crippen LogP contribution < -0.4 is 4.90 Å². The van der Waals surface area contributed by atoms with Crippen LogP contribution in [0.2, 0.25) is 0 Å². The van der Waals surface area contributed by atoms with E-state index in [-0.39, 0.29) is 24.0 Å². The van der Waals surface area contributed by atoms with Crippen LogP contribution in [0.5, 0.6) is 0 Å². The summed E-state index contributed by atoms with van der Waals surface area (Å²) in [4.78, 5) is 29.5. The Morgan fingerprint density at radius 2 is 1.55 bits per heavy atom. The van der Waals surface area contributed by atoms with Crippen molar-refractivity contribution in [1.82, 2.24) is 14.7 Å². The second kappa shape index (κ2) is 10.9. The molecule has 0 spiro atoms. The zero-order valence-corrected chi connectivity index (χ0v) is 21.4. The lowest BCUT2D eigenvalue weighted by Gasteiger charge is -2.36. The van der Waals surface area contributed by atoms with E-state index in [4.69, 9.17) is 4.74 Å². The molecular formula is C30H29FN4O3. The van der Waals surface area contributed by atoms with E-state index in [9.17, 15) is 14.0 Å². The quantitative estimate of drug-likeness (QED) is 0.335. The fraction of sp³-hybridized carbons (Fsp3) is 0.233. The molecule has 1 fully saturated rings. The number of hydrogen-bond acceptors (Lipinski definition) is 5. The van der Waals surface area contributed by atoms with Gasteiger partial charge in [-0.1, -0.05) is 30.3 Å². The Balaban J connectivity index is 1.34. The predicted octanol–water partition coefficient (Wildman–Crippen LogP) is 5.13. The summed E-state index contributed by atoms with van der Waals surface area (Å²) >= 11 is 0. The smallest absolute Gasteiger partial charge is 0.358 e. The van der Waals surface area contributed by atoms with Gasteiger partial charge in [0, 0.05) is 43.0 Å². The van der Waals surface area contributed by atoms with Crippen LogP contribution in [0.15, 0.2) is 78.9 Å². The Bertz CT molecular complexity index is 1440. The van der Waals surface area contributed by atoms with Crippen molar-refractivity contribution in [2.75, 3.05) is 37.7 Å². The first-order valence-corrected chi connectivity index (χ1v) is 12.7. The summed E-state index contributed by atoms with van der Waals surface area (Å²) in [6, 6.07) is 23.3. The number of carbonyl (C=O) groups excluding carboxylic acids is 2. The van der Waals surface area contributed by atoms with Crippen molar-refractivity contribution in [3.05, 3.63) is 102 Å². The summed E-state index contributed by atoms with van der Waals surface area (Å²) in [5.41, 5.74) is 5.16. The first-order chi connectivity index (χ1) is 18.4. The number of hydrogen-bond donors (Lipinski definition) is 0. The number of anilines is 1. The minimum atomic E-state index is -0.510. The van der Waals surface area contributed by atoms with Crippen LogP contribution in [0.25, 0.3) is 16.9 Å². The number of halogens is 1. The van der Waals surface area contributed by atoms with Crippen LogP contribution in [-0.2, 0) is 4.74 Å². The van der Waals surface area contributed by atoms with Gasteiger partial charge in [-0.15, -0.1) is 0 Å². The Labute approximate surface area is 221 Å². The lowest BCUT2D eigenvalue weighted by atomic mass is 10.1. The fourth-order valence-corrected chi connectivity index (χ4v) is 4.66. The molecule has 3 aromatic carbocycles. The van der Waals surface area contributed by atoms with Crippen molar-refractivity contribution in [2.24, 2.45) is 0 Å². The zero-order chi connectivity index (χ0) is 26.6. The fourth-order valence-electron chi connectivity index (χ4n) is 4.66. The molecule has 1 aliphatic heterocycles. The number of rotatable bonds is 6. The molecule has 1 aliphatic rings. The molecule has 5 rings (SSSR count). The summed E-state index contributed by atoms with van der Waals surface area (Å²) in [5, 5.41) is 4.45. The highest BCUT2D eigenvalue weighted by molar-refractivity contribution is 5.95. The molecule has 1 saturated heterocycles. The lowest BCUT2D eigenvalue weighted by molar-refractivity contribution is 0.0518. The maximum absolute atomic E-state index is 13.5. The molecule has 0 atom stereocenters. The van der Waals surface area contributed by atoms with Crippen molar-refractivity contribution >= 4 is 17.6 Å². The van der Waals surface area contributed by atoms with Crippen molar-refractivity contribution in [3.8, 4) is 16.9 Å². The van der Waals surface area contributed by atoms with Gasteiger partial charge in [-0.25, -0.2) is 13.9 Å². The molecule has 0 saturated carbocycles. The van der Waals surface area contributed by atoms with Crippen molar-refractivity contribution in [3.63, 3.8) is 0 Å². The number of aryl methyl sites for hydroxylation is 1. The molecule has 1 aromatic heterocycles. The molecule has 0 unspecified atom stereocenters. The molecule has 0 N–H and O–H groups in total. The van der Waals surface area contributed by atoms with Crippen molar-refractivity contribution in [2.45, 2.75) is 13.8 Å². The standard InChI is InChI=1S/C30H29FN4O3/c1-3-38-30(37)27-20-28(35(32-27)25-14-10-23(31)11-15-25)22-8-12-24(13-9-22)33-16-18-34(19-17-33)29(36)26-7-5-4-6-21(26)2/h4-15,20H,3,16-19H2,1-2H3. The lowest BCUT2D eigenvalue weighted by Crippen LogP contribution is -2.48. The maximum Gasteiger partial charge on any atom is 0.358 e. The highest BCUT2D eigenvalue weighted by atomic mass is 19.1. The first kappa shape index (κ1) is 25.2. The summed E-state index contributed by atoms with van der Waals surface area (Å²) in [6.45, 7) is 6.71. The van der Waals surface area contributed by atoms with Gasteiger partial charge in [-0.3, -0.25) is 4.79 Å². The van der Waals surface area contributed by atoms with Gasteiger partial charge in [0.15, 0.2) is 5.69 Å². The van der Waals surface area contributed by atoms with Gasteiger partial charge in [-0.05, 0) is 67.9 Å². The number of benzene rings is 3. The van der Waals surface area contributed by atoms with Gasteiger partial charge in [0.1, 0.15) is 5.82 Å².